The van der Waals surface area contributed by atoms with Gasteiger partial charge >= 0.3 is 5.97 Å². The highest BCUT2D eigenvalue weighted by atomic mass is 19.1. The number of fused-ring (bicyclic) bond motifs is 1. The Labute approximate surface area is 236 Å². The maximum atomic E-state index is 16.1. The van der Waals surface area contributed by atoms with Gasteiger partial charge < -0.3 is 14.7 Å². The molecule has 2 heterocycles. The molecule has 0 radical (unpaired) electrons. The van der Waals surface area contributed by atoms with E-state index in [1.54, 1.807) is 31.5 Å². The third-order valence-electron chi connectivity index (χ3n) is 7.78. The Morgan fingerprint density at radius 1 is 1.17 bits per heavy atom. The molecular weight excluding hydrogens is 538 g/mol. The average molecular weight is 572 g/mol. The molecule has 2 aromatic carbocycles. The lowest BCUT2D eigenvalue weighted by atomic mass is 9.71. The van der Waals surface area contributed by atoms with Gasteiger partial charge in [-0.1, -0.05) is 11.8 Å². The summed E-state index contributed by atoms with van der Waals surface area (Å²) in [5, 5.41) is 10.3. The molecule has 1 unspecified atom stereocenters. The van der Waals surface area contributed by atoms with Crippen LogP contribution in [0, 0.1) is 34.7 Å². The summed E-state index contributed by atoms with van der Waals surface area (Å²) in [5.74, 6) is 1.68. The van der Waals surface area contributed by atoms with Crippen LogP contribution in [0.1, 0.15) is 49.4 Å². The van der Waals surface area contributed by atoms with Crippen LogP contribution in [-0.4, -0.2) is 61.8 Å². The zero-order chi connectivity index (χ0) is 29.7. The predicted molar refractivity (Wildman–Crippen MR) is 149 cm³/mol. The molecule has 0 aliphatic carbocycles. The molecule has 1 fully saturated rings. The van der Waals surface area contributed by atoms with E-state index in [0.717, 1.165) is 0 Å². The van der Waals surface area contributed by atoms with Crippen LogP contribution in [0.4, 0.5) is 23.2 Å². The first kappa shape index (κ1) is 30.1. The Balaban J connectivity index is 1.48. The van der Waals surface area contributed by atoms with Crippen LogP contribution < -0.4 is 9.64 Å². The first-order chi connectivity index (χ1) is 19.5. The van der Waals surface area contributed by atoms with Gasteiger partial charge in [0.25, 0.3) is 0 Å². The Morgan fingerprint density at radius 3 is 2.46 bits per heavy atom. The summed E-state index contributed by atoms with van der Waals surface area (Å²) in [6.07, 6.45) is 1.72. The predicted octanol–water partition coefficient (Wildman–Crippen LogP) is 6.13. The van der Waals surface area contributed by atoms with Crippen molar-refractivity contribution in [2.24, 2.45) is 5.41 Å². The Hall–Kier alpha value is -3.84. The third kappa shape index (κ3) is 7.09. The molecule has 1 saturated heterocycles. The summed E-state index contributed by atoms with van der Waals surface area (Å²) in [6, 6.07) is 6.49. The van der Waals surface area contributed by atoms with E-state index >= 15 is 4.39 Å². The summed E-state index contributed by atoms with van der Waals surface area (Å²) in [7, 11) is 5.19. The fourth-order valence-electron chi connectivity index (χ4n) is 5.49. The minimum atomic E-state index is -1.36. The number of halogens is 4. The molecule has 1 aliphatic rings. The number of carbonyl (C=O) groups is 1. The van der Waals surface area contributed by atoms with Gasteiger partial charge in [0.15, 0.2) is 0 Å². The monoisotopic (exact) mass is 571 g/mol. The normalized spacial score (nSPS) is 15.7. The molecular formula is C31H33F4N3O3. The molecule has 41 heavy (non-hydrogen) atoms. The summed E-state index contributed by atoms with van der Waals surface area (Å²) >= 11 is 0. The van der Waals surface area contributed by atoms with E-state index in [0.29, 0.717) is 72.4 Å². The molecule has 3 aromatic rings. The van der Waals surface area contributed by atoms with Gasteiger partial charge in [0, 0.05) is 37.2 Å². The number of alkyl halides is 1. The third-order valence-corrected chi connectivity index (χ3v) is 7.78. The number of aromatic nitrogens is 1. The number of aliphatic carboxylic acids is 1. The van der Waals surface area contributed by atoms with Crippen LogP contribution in [0.2, 0.25) is 0 Å². The van der Waals surface area contributed by atoms with Crippen LogP contribution in [0.3, 0.4) is 0 Å². The van der Waals surface area contributed by atoms with Gasteiger partial charge in [-0.2, -0.15) is 0 Å². The van der Waals surface area contributed by atoms with Gasteiger partial charge in [-0.3, -0.25) is 14.7 Å². The number of hydrogen-bond acceptors (Lipinski definition) is 5. The van der Waals surface area contributed by atoms with Gasteiger partial charge in [-0.05, 0) is 62.4 Å². The van der Waals surface area contributed by atoms with Gasteiger partial charge in [0.2, 0.25) is 0 Å². The van der Waals surface area contributed by atoms with E-state index in [9.17, 15) is 23.1 Å². The smallest absolute Gasteiger partial charge is 0.303 e. The number of carboxylic acid groups (broad SMARTS) is 1. The first-order valence-corrected chi connectivity index (χ1v) is 13.4. The Morgan fingerprint density at radius 2 is 1.85 bits per heavy atom. The molecule has 1 aromatic heterocycles. The van der Waals surface area contributed by atoms with E-state index in [2.05, 4.69) is 16.8 Å². The molecule has 218 valence electrons. The van der Waals surface area contributed by atoms with E-state index < -0.39 is 40.6 Å². The topological polar surface area (TPSA) is 65.9 Å². The number of rotatable bonds is 9. The molecule has 0 spiro atoms. The SMILES string of the molecule is COc1ccc2ncc(N(C)C)c(C(F)CCC3(CC(=O)O)CCN(CC#Cc4c(F)cc(F)cc4F)CC3)c2c1. The molecule has 10 heteroatoms. The van der Waals surface area contributed by atoms with Crippen LogP contribution in [0.25, 0.3) is 10.9 Å². The minimum Gasteiger partial charge on any atom is -0.497 e. The first-order valence-electron chi connectivity index (χ1n) is 13.4. The lowest BCUT2D eigenvalue weighted by Crippen LogP contribution is -2.41. The van der Waals surface area contributed by atoms with E-state index in [4.69, 9.17) is 4.74 Å². The lowest BCUT2D eigenvalue weighted by molar-refractivity contribution is -0.141. The van der Waals surface area contributed by atoms with Crippen LogP contribution in [0.15, 0.2) is 36.5 Å². The summed E-state index contributed by atoms with van der Waals surface area (Å²) < 4.78 is 62.4. The van der Waals surface area contributed by atoms with Gasteiger partial charge in [0.05, 0.1) is 43.0 Å². The van der Waals surface area contributed by atoms with Crippen molar-refractivity contribution in [3.8, 4) is 17.6 Å². The van der Waals surface area contributed by atoms with Gasteiger partial charge in [-0.15, -0.1) is 0 Å². The maximum absolute atomic E-state index is 16.1. The van der Waals surface area contributed by atoms with Crippen molar-refractivity contribution in [1.29, 1.82) is 0 Å². The fraction of sp³-hybridized carbons (Fsp3) is 0.419. The molecule has 6 nitrogen and oxygen atoms in total. The molecule has 0 amide bonds. The molecule has 0 bridgehead atoms. The summed E-state index contributed by atoms with van der Waals surface area (Å²) in [6.45, 7) is 1.22. The summed E-state index contributed by atoms with van der Waals surface area (Å²) in [5.41, 5.74) is 0.694. The number of hydrogen-bond donors (Lipinski definition) is 1. The van der Waals surface area contributed by atoms with E-state index in [1.807, 2.05) is 23.9 Å². The van der Waals surface area contributed by atoms with Crippen molar-refractivity contribution in [3.05, 3.63) is 65.1 Å². The van der Waals surface area contributed by atoms with Gasteiger partial charge in [-0.25, -0.2) is 17.6 Å². The minimum absolute atomic E-state index is 0.0866. The standard InChI is InChI=1S/C31H33F4N3O3/c1-37(2)28-19-36-27-7-6-21(41-3)17-23(27)30(28)24(33)8-9-31(18-29(39)40)10-13-38(14-11-31)12-4-5-22-25(34)15-20(32)16-26(22)35/h6-7,15-17,19,24H,8-14,18H2,1-3H3,(H,39,40). The van der Waals surface area contributed by atoms with Crippen molar-refractivity contribution in [2.45, 2.75) is 38.3 Å². The average Bonchev–Trinajstić information content (AvgIpc) is 2.92. The van der Waals surface area contributed by atoms with Crippen LogP contribution >= 0.6 is 0 Å². The van der Waals surface area contributed by atoms with Crippen LogP contribution in [0.5, 0.6) is 5.75 Å². The summed E-state index contributed by atoms with van der Waals surface area (Å²) in [4.78, 5) is 20.1. The second-order valence-electron chi connectivity index (χ2n) is 10.7. The highest BCUT2D eigenvalue weighted by Crippen LogP contribution is 2.44. The Kier molecular flexibility index (Phi) is 9.38. The zero-order valence-corrected chi connectivity index (χ0v) is 23.3. The number of likely N-dealkylation sites (tertiary alicyclic amines) is 1. The highest BCUT2D eigenvalue weighted by Gasteiger charge is 2.37. The van der Waals surface area contributed by atoms with Crippen molar-refractivity contribution in [1.82, 2.24) is 9.88 Å². The van der Waals surface area contributed by atoms with Crippen molar-refractivity contribution in [3.63, 3.8) is 0 Å². The number of ether oxygens (including phenoxy) is 1. The fourth-order valence-corrected chi connectivity index (χ4v) is 5.49. The molecule has 1 aliphatic heterocycles. The quantitative estimate of drug-likeness (QED) is 0.246. The highest BCUT2D eigenvalue weighted by molar-refractivity contribution is 5.88. The largest absolute Gasteiger partial charge is 0.497 e. The van der Waals surface area contributed by atoms with E-state index in [-0.39, 0.29) is 19.4 Å². The number of anilines is 1. The number of carboxylic acids is 1. The van der Waals surface area contributed by atoms with Crippen molar-refractivity contribution < 1.29 is 32.2 Å². The second-order valence-corrected chi connectivity index (χ2v) is 10.7. The zero-order valence-electron chi connectivity index (χ0n) is 23.3. The number of pyridine rings is 1. The van der Waals surface area contributed by atoms with E-state index in [1.165, 1.54) is 0 Å². The maximum Gasteiger partial charge on any atom is 0.303 e. The molecule has 1 atom stereocenters. The number of piperidine rings is 1. The molecule has 0 saturated carbocycles. The number of nitrogens with zero attached hydrogens (tertiary/aromatic N) is 3. The Bertz CT molecular complexity index is 1450. The molecule has 1 N–H and O–H groups in total. The van der Waals surface area contributed by atoms with Gasteiger partial charge in [0.1, 0.15) is 29.4 Å². The van der Waals surface area contributed by atoms with Crippen LogP contribution in [-0.2, 0) is 4.79 Å². The second kappa shape index (κ2) is 12.8. The van der Waals surface area contributed by atoms with Crippen molar-refractivity contribution in [2.75, 3.05) is 45.7 Å². The number of methoxy groups -OCH3 is 1. The van der Waals surface area contributed by atoms with Crippen molar-refractivity contribution >= 4 is 22.6 Å². The number of benzene rings is 2. The lowest BCUT2D eigenvalue weighted by Gasteiger charge is -2.41. The molecule has 4 rings (SSSR count).